The fourth-order valence-electron chi connectivity index (χ4n) is 3.14. The number of hydrogen-bond acceptors (Lipinski definition) is 3. The molecule has 0 saturated carbocycles. The van der Waals surface area contributed by atoms with E-state index in [1.807, 2.05) is 18.2 Å². The fourth-order valence-corrected chi connectivity index (χ4v) is 3.45. The number of nitrogens with one attached hydrogen (secondary N) is 2. The van der Waals surface area contributed by atoms with Gasteiger partial charge in [0.05, 0.1) is 22.7 Å². The van der Waals surface area contributed by atoms with Crippen molar-refractivity contribution in [3.05, 3.63) is 33.8 Å². The van der Waals surface area contributed by atoms with Crippen LogP contribution < -0.4 is 10.6 Å². The molecule has 0 amide bonds. The topological polar surface area (TPSA) is 48.9 Å². The molecule has 1 aromatic rings. The van der Waals surface area contributed by atoms with Gasteiger partial charge in [0.15, 0.2) is 5.96 Å². The summed E-state index contributed by atoms with van der Waals surface area (Å²) >= 11 is 12.1. The maximum atomic E-state index is 6.12. The standard InChI is InChI=1S/C19H30Cl2N4O.HI/c1-14(16-4-5-17(20)18(21)12-16)24-19(22-2)23-13-15-6-8-25(9-7-15)10-11-26-3;/h4-5,12,14-15H,6-11,13H2,1-3H3,(H2,22,23,24);1H. The molecular weight excluding hydrogens is 498 g/mol. The van der Waals surface area contributed by atoms with Crippen LogP contribution >= 0.6 is 47.2 Å². The highest BCUT2D eigenvalue weighted by atomic mass is 127. The molecule has 5 nitrogen and oxygen atoms in total. The lowest BCUT2D eigenvalue weighted by Crippen LogP contribution is -2.43. The molecule has 0 spiro atoms. The third kappa shape index (κ3) is 8.31. The number of likely N-dealkylation sites (tertiary alicyclic amines) is 1. The maximum Gasteiger partial charge on any atom is 0.191 e. The normalized spacial score (nSPS) is 17.3. The molecule has 2 N–H and O–H groups in total. The van der Waals surface area contributed by atoms with E-state index in [1.165, 1.54) is 12.8 Å². The van der Waals surface area contributed by atoms with Crippen molar-refractivity contribution in [2.24, 2.45) is 10.9 Å². The number of ether oxygens (including phenoxy) is 1. The van der Waals surface area contributed by atoms with Crippen molar-refractivity contribution >= 4 is 53.1 Å². The molecule has 27 heavy (non-hydrogen) atoms. The van der Waals surface area contributed by atoms with Gasteiger partial charge in [0, 0.05) is 27.2 Å². The van der Waals surface area contributed by atoms with Crippen LogP contribution in [-0.2, 0) is 4.74 Å². The third-order valence-electron chi connectivity index (χ3n) is 4.90. The zero-order valence-corrected chi connectivity index (χ0v) is 20.1. The predicted octanol–water partition coefficient (Wildman–Crippen LogP) is 4.20. The number of rotatable bonds is 7. The minimum atomic E-state index is 0. The van der Waals surface area contributed by atoms with Gasteiger partial charge >= 0.3 is 0 Å². The molecule has 2 rings (SSSR count). The Morgan fingerprint density at radius 2 is 2.00 bits per heavy atom. The van der Waals surface area contributed by atoms with E-state index in [2.05, 4.69) is 27.4 Å². The van der Waals surface area contributed by atoms with E-state index < -0.39 is 0 Å². The SMILES string of the molecule is CN=C(NCC1CCN(CCOC)CC1)NC(C)c1ccc(Cl)c(Cl)c1.I. The van der Waals surface area contributed by atoms with Crippen molar-refractivity contribution in [2.45, 2.75) is 25.8 Å². The molecule has 1 fully saturated rings. The average molecular weight is 529 g/mol. The van der Waals surface area contributed by atoms with E-state index in [9.17, 15) is 0 Å². The number of guanidine groups is 1. The second-order valence-corrected chi connectivity index (χ2v) is 7.58. The Kier molecular flexibility index (Phi) is 12.0. The first-order valence-corrected chi connectivity index (χ1v) is 9.92. The van der Waals surface area contributed by atoms with Crippen LogP contribution in [-0.4, -0.2) is 57.8 Å². The molecule has 1 aliphatic rings. The van der Waals surface area contributed by atoms with Gasteiger partial charge in [0.1, 0.15) is 0 Å². The van der Waals surface area contributed by atoms with Gasteiger partial charge in [-0.3, -0.25) is 4.99 Å². The van der Waals surface area contributed by atoms with Crippen LogP contribution in [0.3, 0.4) is 0 Å². The maximum absolute atomic E-state index is 6.12. The van der Waals surface area contributed by atoms with Crippen LogP contribution in [0.4, 0.5) is 0 Å². The minimum absolute atomic E-state index is 0. The highest BCUT2D eigenvalue weighted by molar-refractivity contribution is 14.0. The van der Waals surface area contributed by atoms with E-state index in [-0.39, 0.29) is 30.0 Å². The van der Waals surface area contributed by atoms with E-state index in [0.717, 1.165) is 44.3 Å². The van der Waals surface area contributed by atoms with Crippen molar-refractivity contribution in [1.29, 1.82) is 0 Å². The van der Waals surface area contributed by atoms with Gasteiger partial charge in [0.25, 0.3) is 0 Å². The van der Waals surface area contributed by atoms with E-state index in [1.54, 1.807) is 14.2 Å². The molecule has 8 heteroatoms. The first-order chi connectivity index (χ1) is 12.5. The summed E-state index contributed by atoms with van der Waals surface area (Å²) in [5.41, 5.74) is 1.08. The van der Waals surface area contributed by atoms with Gasteiger partial charge in [0.2, 0.25) is 0 Å². The van der Waals surface area contributed by atoms with Crippen LogP contribution in [0, 0.1) is 5.92 Å². The Bertz CT molecular complexity index is 595. The van der Waals surface area contributed by atoms with Gasteiger partial charge in [-0.25, -0.2) is 0 Å². The van der Waals surface area contributed by atoms with Crippen LogP contribution in [0.2, 0.25) is 10.0 Å². The smallest absolute Gasteiger partial charge is 0.191 e. The van der Waals surface area contributed by atoms with Crippen molar-refractivity contribution < 1.29 is 4.74 Å². The number of benzene rings is 1. The lowest BCUT2D eigenvalue weighted by Gasteiger charge is -2.32. The molecule has 0 bridgehead atoms. The summed E-state index contributed by atoms with van der Waals surface area (Å²) in [6, 6.07) is 5.79. The van der Waals surface area contributed by atoms with Crippen LogP contribution in [0.5, 0.6) is 0 Å². The van der Waals surface area contributed by atoms with Crippen LogP contribution in [0.1, 0.15) is 31.4 Å². The quantitative estimate of drug-likeness (QED) is 0.316. The molecule has 1 atom stereocenters. The summed E-state index contributed by atoms with van der Waals surface area (Å²) in [5.74, 6) is 1.48. The van der Waals surface area contributed by atoms with Crippen LogP contribution in [0.25, 0.3) is 0 Å². The molecule has 1 saturated heterocycles. The van der Waals surface area contributed by atoms with E-state index in [4.69, 9.17) is 27.9 Å². The number of piperidine rings is 1. The third-order valence-corrected chi connectivity index (χ3v) is 5.64. The molecule has 0 radical (unpaired) electrons. The second-order valence-electron chi connectivity index (χ2n) is 6.77. The monoisotopic (exact) mass is 528 g/mol. The molecule has 1 heterocycles. The van der Waals surface area contributed by atoms with Crippen molar-refractivity contribution in [2.75, 3.05) is 46.9 Å². The number of nitrogens with zero attached hydrogens (tertiary/aromatic N) is 2. The second kappa shape index (κ2) is 13.0. The largest absolute Gasteiger partial charge is 0.383 e. The Balaban J connectivity index is 0.00000364. The van der Waals surface area contributed by atoms with Crippen molar-refractivity contribution in [3.63, 3.8) is 0 Å². The first kappa shape index (κ1) is 24.8. The minimum Gasteiger partial charge on any atom is -0.383 e. The summed E-state index contributed by atoms with van der Waals surface area (Å²) in [4.78, 5) is 6.81. The first-order valence-electron chi connectivity index (χ1n) is 9.17. The Hall–Kier alpha value is -0.280. The van der Waals surface area contributed by atoms with Crippen LogP contribution in [0.15, 0.2) is 23.2 Å². The molecule has 154 valence electrons. The lowest BCUT2D eigenvalue weighted by molar-refractivity contribution is 0.121. The van der Waals surface area contributed by atoms with Gasteiger partial charge in [-0.15, -0.1) is 24.0 Å². The Morgan fingerprint density at radius 3 is 2.59 bits per heavy atom. The van der Waals surface area contributed by atoms with Gasteiger partial charge in [-0.05, 0) is 56.5 Å². The number of methoxy groups -OCH3 is 1. The summed E-state index contributed by atoms with van der Waals surface area (Å²) in [6.45, 7) is 7.14. The van der Waals surface area contributed by atoms with Gasteiger partial charge < -0.3 is 20.3 Å². The Morgan fingerprint density at radius 1 is 1.30 bits per heavy atom. The zero-order chi connectivity index (χ0) is 18.9. The lowest BCUT2D eigenvalue weighted by atomic mass is 9.97. The molecule has 1 unspecified atom stereocenters. The molecule has 1 aliphatic heterocycles. The molecule has 0 aromatic heterocycles. The molecule has 1 aromatic carbocycles. The summed E-state index contributed by atoms with van der Waals surface area (Å²) < 4.78 is 5.16. The average Bonchev–Trinajstić information content (AvgIpc) is 2.66. The highest BCUT2D eigenvalue weighted by Crippen LogP contribution is 2.25. The molecular formula is C19H31Cl2IN4O. The summed E-state index contributed by atoms with van der Waals surface area (Å²) in [6.07, 6.45) is 2.41. The summed E-state index contributed by atoms with van der Waals surface area (Å²) in [5, 5.41) is 8.02. The fraction of sp³-hybridized carbons (Fsp3) is 0.632. The predicted molar refractivity (Wildman–Crippen MR) is 126 cm³/mol. The number of halogens is 3. The van der Waals surface area contributed by atoms with Gasteiger partial charge in [-0.1, -0.05) is 29.3 Å². The Labute approximate surface area is 190 Å². The number of aliphatic imine (C=N–C) groups is 1. The van der Waals surface area contributed by atoms with Crippen molar-refractivity contribution in [3.8, 4) is 0 Å². The van der Waals surface area contributed by atoms with E-state index >= 15 is 0 Å². The molecule has 0 aliphatic carbocycles. The summed E-state index contributed by atoms with van der Waals surface area (Å²) in [7, 11) is 3.55. The zero-order valence-electron chi connectivity index (χ0n) is 16.3. The number of hydrogen-bond donors (Lipinski definition) is 2. The van der Waals surface area contributed by atoms with E-state index in [0.29, 0.717) is 16.0 Å². The van der Waals surface area contributed by atoms with Gasteiger partial charge in [-0.2, -0.15) is 0 Å². The van der Waals surface area contributed by atoms with Crippen molar-refractivity contribution in [1.82, 2.24) is 15.5 Å². The highest BCUT2D eigenvalue weighted by Gasteiger charge is 2.19.